The Morgan fingerprint density at radius 1 is 0.742 bits per heavy atom. The summed E-state index contributed by atoms with van der Waals surface area (Å²) in [5.41, 5.74) is -2.14. The van der Waals surface area contributed by atoms with Crippen molar-refractivity contribution in [2.24, 2.45) is 10.8 Å². The summed E-state index contributed by atoms with van der Waals surface area (Å²) in [6, 6.07) is 0. The first-order valence-electron chi connectivity index (χ1n) is 11.3. The third-order valence-corrected chi connectivity index (χ3v) is 6.48. The topological polar surface area (TPSA) is 129 Å². The molecule has 1 atom stereocenters. The highest BCUT2D eigenvalue weighted by Gasteiger charge is 2.50. The van der Waals surface area contributed by atoms with E-state index in [-0.39, 0.29) is 13.2 Å². The highest BCUT2D eigenvalue weighted by molar-refractivity contribution is 7.39. The van der Waals surface area contributed by atoms with Gasteiger partial charge >= 0.3 is 17.2 Å². The zero-order valence-electron chi connectivity index (χ0n) is 20.2. The lowest BCUT2D eigenvalue weighted by Gasteiger charge is -2.49. The number of aliphatic hydroxyl groups excluding tert-OH is 1. The number of hydrogen-bond acceptors (Lipinski definition) is 8. The van der Waals surface area contributed by atoms with Gasteiger partial charge in [0.25, 0.3) is 0 Å². The molecule has 0 aromatic rings. The Bertz CT molecular complexity index is 449. The molecule has 0 spiro atoms. The third kappa shape index (κ3) is 12.5. The van der Waals surface area contributed by atoms with Crippen LogP contribution in [0, 0.1) is 10.8 Å². The summed E-state index contributed by atoms with van der Waals surface area (Å²) in [6.07, 6.45) is 7.34. The van der Waals surface area contributed by atoms with E-state index in [4.69, 9.17) is 13.8 Å². The van der Waals surface area contributed by atoms with E-state index in [0.29, 0.717) is 0 Å². The van der Waals surface area contributed by atoms with Crippen molar-refractivity contribution in [1.29, 1.82) is 0 Å². The number of ether oxygens (including phenoxy) is 1. The molecule has 0 saturated carbocycles. The molecule has 8 nitrogen and oxygen atoms in total. The van der Waals surface area contributed by atoms with Gasteiger partial charge in [0.05, 0.1) is 36.9 Å². The van der Waals surface area contributed by atoms with E-state index in [2.05, 4.69) is 27.7 Å². The van der Waals surface area contributed by atoms with Crippen LogP contribution in [0.15, 0.2) is 0 Å². The number of hydrogen-bond donors (Lipinski definition) is 5. The maximum absolute atomic E-state index is 10.5. The monoisotopic (exact) mass is 488 g/mol. The molecule has 10 heteroatoms. The minimum atomic E-state index is -2.66. The van der Waals surface area contributed by atoms with Gasteiger partial charge in [0.15, 0.2) is 0 Å². The van der Waals surface area contributed by atoms with Crippen LogP contribution in [0.25, 0.3) is 0 Å². The molecule has 1 unspecified atom stereocenters. The van der Waals surface area contributed by atoms with E-state index in [9.17, 15) is 24.7 Å². The molecule has 0 radical (unpaired) electrons. The summed E-state index contributed by atoms with van der Waals surface area (Å²) in [5, 5.41) is 10.5. The average molecular weight is 489 g/mol. The van der Waals surface area contributed by atoms with Crippen LogP contribution >= 0.6 is 17.2 Å². The Balaban J connectivity index is 6.04. The standard InChI is InChI=1S/C21H46O8P2/c1-7-9-11-13-19(3,4)18(29-20(5,6)14-12-10-8-2)21(15-22,16-27-30(23)24)17-28-31(25)26/h18,22-26H,7-17H2,1-6H3. The first-order valence-corrected chi connectivity index (χ1v) is 13.6. The zero-order chi connectivity index (χ0) is 24.1. The summed E-state index contributed by atoms with van der Waals surface area (Å²) >= 11 is 0. The highest BCUT2D eigenvalue weighted by Crippen LogP contribution is 2.46. The van der Waals surface area contributed by atoms with Gasteiger partial charge in [-0.1, -0.05) is 66.2 Å². The molecular weight excluding hydrogens is 442 g/mol. The second kappa shape index (κ2) is 15.4. The van der Waals surface area contributed by atoms with Crippen LogP contribution in [0.5, 0.6) is 0 Å². The predicted molar refractivity (Wildman–Crippen MR) is 125 cm³/mol. The van der Waals surface area contributed by atoms with Crippen molar-refractivity contribution < 1.29 is 38.5 Å². The van der Waals surface area contributed by atoms with E-state index in [1.807, 2.05) is 13.8 Å². The molecule has 0 rings (SSSR count). The van der Waals surface area contributed by atoms with Crippen LogP contribution < -0.4 is 0 Å². The highest BCUT2D eigenvalue weighted by atomic mass is 31.2. The number of unbranched alkanes of at least 4 members (excludes halogenated alkanes) is 4. The first-order chi connectivity index (χ1) is 14.4. The molecule has 0 aliphatic heterocycles. The van der Waals surface area contributed by atoms with Gasteiger partial charge in [0.2, 0.25) is 0 Å². The van der Waals surface area contributed by atoms with Crippen LogP contribution in [0.2, 0.25) is 0 Å². The van der Waals surface area contributed by atoms with Crippen LogP contribution in [-0.4, -0.2) is 56.2 Å². The maximum Gasteiger partial charge on any atom is 0.327 e. The molecule has 0 bridgehead atoms. The summed E-state index contributed by atoms with van der Waals surface area (Å²) in [7, 11) is -5.32. The molecule has 0 aliphatic carbocycles. The molecule has 0 saturated heterocycles. The molecule has 0 aromatic heterocycles. The SMILES string of the molecule is CCCCCC(C)(C)OC(C(C)(C)CCCCC)C(CO)(COP(O)O)COP(O)O. The molecule has 31 heavy (non-hydrogen) atoms. The third-order valence-electron chi connectivity index (χ3n) is 5.76. The van der Waals surface area contributed by atoms with E-state index in [1.165, 1.54) is 0 Å². The van der Waals surface area contributed by atoms with E-state index in [0.717, 1.165) is 51.4 Å². The second-order valence-electron chi connectivity index (χ2n) is 9.73. The Morgan fingerprint density at radius 2 is 1.19 bits per heavy atom. The molecule has 0 aliphatic rings. The molecule has 0 fully saturated rings. The Hall–Kier alpha value is 0.540. The second-order valence-corrected chi connectivity index (χ2v) is 11.3. The van der Waals surface area contributed by atoms with Gasteiger partial charge in [-0.25, -0.2) is 0 Å². The van der Waals surface area contributed by atoms with Crippen molar-refractivity contribution in [3.63, 3.8) is 0 Å². The lowest BCUT2D eigenvalue weighted by Crippen LogP contribution is -2.56. The van der Waals surface area contributed by atoms with Gasteiger partial charge in [-0.3, -0.25) is 0 Å². The summed E-state index contributed by atoms with van der Waals surface area (Å²) < 4.78 is 17.0. The zero-order valence-corrected chi connectivity index (χ0v) is 22.0. The van der Waals surface area contributed by atoms with Gasteiger partial charge in [-0.05, 0) is 32.1 Å². The largest absolute Gasteiger partial charge is 0.396 e. The molecule has 0 heterocycles. The van der Waals surface area contributed by atoms with Gasteiger partial charge < -0.3 is 38.5 Å². The quantitative estimate of drug-likeness (QED) is 0.130. The lowest BCUT2D eigenvalue weighted by atomic mass is 9.68. The fourth-order valence-electron chi connectivity index (χ4n) is 3.99. The van der Waals surface area contributed by atoms with Gasteiger partial charge in [-0.15, -0.1) is 0 Å². The average Bonchev–Trinajstić information content (AvgIpc) is 2.67. The van der Waals surface area contributed by atoms with E-state index >= 15 is 0 Å². The smallest absolute Gasteiger partial charge is 0.327 e. The fourth-order valence-corrected chi connectivity index (χ4v) is 4.74. The molecule has 0 aromatic carbocycles. The molecule has 188 valence electrons. The molecule has 0 amide bonds. The van der Waals surface area contributed by atoms with E-state index < -0.39 is 46.3 Å². The molecule has 5 N–H and O–H groups in total. The van der Waals surface area contributed by atoms with Crippen LogP contribution in [0.3, 0.4) is 0 Å². The maximum atomic E-state index is 10.5. The van der Waals surface area contributed by atoms with Crippen molar-refractivity contribution in [2.45, 2.75) is 105 Å². The fraction of sp³-hybridized carbons (Fsp3) is 1.00. The van der Waals surface area contributed by atoms with Crippen molar-refractivity contribution in [1.82, 2.24) is 0 Å². The Morgan fingerprint density at radius 3 is 1.58 bits per heavy atom. The van der Waals surface area contributed by atoms with Crippen molar-refractivity contribution in [3.8, 4) is 0 Å². The lowest BCUT2D eigenvalue weighted by molar-refractivity contribution is -0.204. The van der Waals surface area contributed by atoms with Gasteiger partial charge in [-0.2, -0.15) is 0 Å². The first kappa shape index (κ1) is 31.5. The van der Waals surface area contributed by atoms with Crippen LogP contribution in [-0.2, 0) is 13.8 Å². The van der Waals surface area contributed by atoms with Gasteiger partial charge in [0.1, 0.15) is 0 Å². The van der Waals surface area contributed by atoms with Crippen molar-refractivity contribution in [2.75, 3.05) is 19.8 Å². The minimum absolute atomic E-state index is 0.252. The number of aliphatic hydroxyl groups is 1. The van der Waals surface area contributed by atoms with Crippen LogP contribution in [0.1, 0.15) is 92.9 Å². The summed E-state index contributed by atoms with van der Waals surface area (Å²) in [5.74, 6) is 0. The minimum Gasteiger partial charge on any atom is -0.396 e. The summed E-state index contributed by atoms with van der Waals surface area (Å²) in [4.78, 5) is 37.5. The Kier molecular flexibility index (Phi) is 15.7. The van der Waals surface area contributed by atoms with Crippen molar-refractivity contribution in [3.05, 3.63) is 0 Å². The van der Waals surface area contributed by atoms with Crippen LogP contribution in [0.4, 0.5) is 0 Å². The Labute approximate surface area is 191 Å². The van der Waals surface area contributed by atoms with E-state index in [1.54, 1.807) is 0 Å². The molecular formula is C21H46O8P2. The van der Waals surface area contributed by atoms with Gasteiger partial charge in [0, 0.05) is 0 Å². The predicted octanol–water partition coefficient (Wildman–Crippen LogP) is 4.77. The van der Waals surface area contributed by atoms with Crippen molar-refractivity contribution >= 4 is 17.2 Å². The normalized spacial score (nSPS) is 14.6. The number of rotatable bonds is 19. The summed E-state index contributed by atoms with van der Waals surface area (Å²) in [6.45, 7) is 11.5.